The van der Waals surface area contributed by atoms with Crippen LogP contribution in [0.25, 0.3) is 11.3 Å². The highest BCUT2D eigenvalue weighted by Crippen LogP contribution is 2.16. The van der Waals surface area contributed by atoms with Gasteiger partial charge in [0.2, 0.25) is 0 Å². The smallest absolute Gasteiger partial charge is 0.181 e. The molecule has 0 fully saturated rings. The van der Waals surface area contributed by atoms with Crippen molar-refractivity contribution in [2.45, 2.75) is 0 Å². The molecular formula is C15H13NO. The van der Waals surface area contributed by atoms with E-state index in [2.05, 4.69) is 4.98 Å². The summed E-state index contributed by atoms with van der Waals surface area (Å²) in [4.78, 5) is 3.83. The normalized spacial score (nSPS) is 9.18. The lowest BCUT2D eigenvalue weighted by molar-refractivity contribution is 0.572. The van der Waals surface area contributed by atoms with Gasteiger partial charge in [-0.3, -0.25) is 0 Å². The fourth-order valence-corrected chi connectivity index (χ4v) is 1.35. The lowest BCUT2D eigenvalue weighted by atomic mass is 10.2. The van der Waals surface area contributed by atoms with Crippen molar-refractivity contribution in [2.24, 2.45) is 0 Å². The maximum Gasteiger partial charge on any atom is 0.181 e. The van der Waals surface area contributed by atoms with Gasteiger partial charge in [0.1, 0.15) is 0 Å². The van der Waals surface area contributed by atoms with Gasteiger partial charge in [0.15, 0.2) is 12.2 Å². The Morgan fingerprint density at radius 1 is 0.706 bits per heavy atom. The monoisotopic (exact) mass is 223 g/mol. The van der Waals surface area contributed by atoms with Crippen LogP contribution in [0.1, 0.15) is 0 Å². The van der Waals surface area contributed by atoms with Crippen molar-refractivity contribution in [2.75, 3.05) is 0 Å². The quantitative estimate of drug-likeness (QED) is 0.622. The first-order chi connectivity index (χ1) is 8.47. The van der Waals surface area contributed by atoms with Crippen LogP contribution in [0.3, 0.4) is 0 Å². The lowest BCUT2D eigenvalue weighted by Gasteiger charge is -1.91. The third kappa shape index (κ3) is 3.61. The summed E-state index contributed by atoms with van der Waals surface area (Å²) in [7, 11) is 0. The van der Waals surface area contributed by atoms with E-state index in [0.29, 0.717) is 0 Å². The summed E-state index contributed by atoms with van der Waals surface area (Å²) < 4.78 is 5.11. The molecule has 84 valence electrons. The Balaban J connectivity index is 0.000000153. The minimum atomic E-state index is 0.811. The molecule has 2 nitrogen and oxygen atoms in total. The predicted octanol–water partition coefficient (Wildman–Crippen LogP) is 4.03. The second-order valence-electron chi connectivity index (χ2n) is 3.39. The molecule has 0 saturated carbocycles. The molecule has 0 amide bonds. The molecule has 0 aliphatic rings. The molecule has 0 N–H and O–H groups in total. The van der Waals surface area contributed by atoms with Crippen LogP contribution < -0.4 is 0 Å². The summed E-state index contributed by atoms with van der Waals surface area (Å²) in [5, 5.41) is 0. The maximum atomic E-state index is 5.11. The SMILES string of the molecule is c1ccc(-c2cnco2)cc1.c1ccccc1. The number of rotatable bonds is 1. The van der Waals surface area contributed by atoms with E-state index < -0.39 is 0 Å². The topological polar surface area (TPSA) is 26.0 Å². The van der Waals surface area contributed by atoms with E-state index in [4.69, 9.17) is 4.42 Å². The van der Waals surface area contributed by atoms with Crippen LogP contribution in [0.15, 0.2) is 83.7 Å². The van der Waals surface area contributed by atoms with E-state index in [1.165, 1.54) is 6.39 Å². The van der Waals surface area contributed by atoms with Crippen LogP contribution >= 0.6 is 0 Å². The molecule has 2 heteroatoms. The van der Waals surface area contributed by atoms with Crippen molar-refractivity contribution in [1.29, 1.82) is 0 Å². The lowest BCUT2D eigenvalue weighted by Crippen LogP contribution is -1.69. The van der Waals surface area contributed by atoms with E-state index in [1.54, 1.807) is 6.20 Å². The molecule has 0 unspecified atom stereocenters. The molecule has 0 bridgehead atoms. The highest BCUT2D eigenvalue weighted by atomic mass is 16.3. The van der Waals surface area contributed by atoms with Gasteiger partial charge in [-0.2, -0.15) is 0 Å². The third-order valence-electron chi connectivity index (χ3n) is 2.16. The summed E-state index contributed by atoms with van der Waals surface area (Å²) in [6, 6.07) is 21.9. The fraction of sp³-hybridized carbons (Fsp3) is 0. The van der Waals surface area contributed by atoms with Crippen molar-refractivity contribution >= 4 is 0 Å². The zero-order chi connectivity index (χ0) is 11.8. The number of aromatic nitrogens is 1. The van der Waals surface area contributed by atoms with Gasteiger partial charge >= 0.3 is 0 Å². The Hall–Kier alpha value is -2.35. The molecular weight excluding hydrogens is 210 g/mol. The zero-order valence-electron chi connectivity index (χ0n) is 9.36. The van der Waals surface area contributed by atoms with E-state index >= 15 is 0 Å². The van der Waals surface area contributed by atoms with Gasteiger partial charge in [-0.1, -0.05) is 66.7 Å². The Kier molecular flexibility index (Phi) is 4.12. The first-order valence-corrected chi connectivity index (χ1v) is 5.41. The van der Waals surface area contributed by atoms with Gasteiger partial charge in [0, 0.05) is 5.56 Å². The predicted molar refractivity (Wildman–Crippen MR) is 68.4 cm³/mol. The summed E-state index contributed by atoms with van der Waals surface area (Å²) in [6.45, 7) is 0. The van der Waals surface area contributed by atoms with Gasteiger partial charge < -0.3 is 4.42 Å². The Morgan fingerprint density at radius 2 is 1.24 bits per heavy atom. The largest absolute Gasteiger partial charge is 0.444 e. The van der Waals surface area contributed by atoms with Crippen molar-refractivity contribution in [3.05, 3.63) is 79.3 Å². The number of nitrogens with zero attached hydrogens (tertiary/aromatic N) is 1. The standard InChI is InChI=1S/C9H7NO.C6H6/c1-2-4-8(5-3-1)9-6-10-7-11-9;1-2-4-6-5-3-1/h1-7H;1-6H. The molecule has 0 atom stereocenters. The van der Waals surface area contributed by atoms with Gasteiger partial charge in [0.25, 0.3) is 0 Å². The van der Waals surface area contributed by atoms with Crippen molar-refractivity contribution in [3.63, 3.8) is 0 Å². The molecule has 0 saturated heterocycles. The molecule has 0 radical (unpaired) electrons. The van der Waals surface area contributed by atoms with E-state index in [0.717, 1.165) is 11.3 Å². The maximum absolute atomic E-state index is 5.11. The highest BCUT2D eigenvalue weighted by molar-refractivity contribution is 5.55. The Morgan fingerprint density at radius 3 is 1.71 bits per heavy atom. The van der Waals surface area contributed by atoms with E-state index in [1.807, 2.05) is 66.7 Å². The van der Waals surface area contributed by atoms with Gasteiger partial charge in [-0.05, 0) is 0 Å². The molecule has 3 aromatic rings. The Labute approximate surface area is 101 Å². The van der Waals surface area contributed by atoms with Crippen molar-refractivity contribution in [3.8, 4) is 11.3 Å². The molecule has 1 heterocycles. The average Bonchev–Trinajstić information content (AvgIpc) is 2.96. The van der Waals surface area contributed by atoms with Crippen LogP contribution in [0.4, 0.5) is 0 Å². The molecule has 1 aromatic heterocycles. The van der Waals surface area contributed by atoms with Gasteiger partial charge in [-0.25, -0.2) is 4.98 Å². The van der Waals surface area contributed by atoms with Crippen LogP contribution in [-0.4, -0.2) is 4.98 Å². The minimum Gasteiger partial charge on any atom is -0.444 e. The first kappa shape index (κ1) is 11.1. The Bertz CT molecular complexity index is 476. The number of oxazole rings is 1. The molecule has 0 aliphatic heterocycles. The van der Waals surface area contributed by atoms with E-state index in [-0.39, 0.29) is 0 Å². The number of hydrogen-bond donors (Lipinski definition) is 0. The van der Waals surface area contributed by atoms with Crippen molar-refractivity contribution < 1.29 is 4.42 Å². The molecule has 17 heavy (non-hydrogen) atoms. The molecule has 0 spiro atoms. The first-order valence-electron chi connectivity index (χ1n) is 5.41. The number of hydrogen-bond acceptors (Lipinski definition) is 2. The van der Waals surface area contributed by atoms with E-state index in [9.17, 15) is 0 Å². The van der Waals surface area contributed by atoms with Gasteiger partial charge in [0.05, 0.1) is 6.20 Å². The van der Waals surface area contributed by atoms with Crippen LogP contribution in [0.5, 0.6) is 0 Å². The second-order valence-corrected chi connectivity index (χ2v) is 3.39. The minimum absolute atomic E-state index is 0.811. The average molecular weight is 223 g/mol. The summed E-state index contributed by atoms with van der Waals surface area (Å²) in [6.07, 6.45) is 3.14. The summed E-state index contributed by atoms with van der Waals surface area (Å²) in [5.74, 6) is 0.811. The second kappa shape index (κ2) is 6.28. The molecule has 0 aliphatic carbocycles. The number of benzene rings is 2. The molecule has 2 aromatic carbocycles. The summed E-state index contributed by atoms with van der Waals surface area (Å²) in [5.41, 5.74) is 1.06. The van der Waals surface area contributed by atoms with Crippen molar-refractivity contribution in [1.82, 2.24) is 4.98 Å². The third-order valence-corrected chi connectivity index (χ3v) is 2.16. The summed E-state index contributed by atoms with van der Waals surface area (Å²) >= 11 is 0. The van der Waals surface area contributed by atoms with Crippen LogP contribution in [0, 0.1) is 0 Å². The molecule has 3 rings (SSSR count). The van der Waals surface area contributed by atoms with Crippen LogP contribution in [-0.2, 0) is 0 Å². The fourth-order valence-electron chi connectivity index (χ4n) is 1.35. The van der Waals surface area contributed by atoms with Crippen LogP contribution in [0.2, 0.25) is 0 Å². The highest BCUT2D eigenvalue weighted by Gasteiger charge is 1.97. The van der Waals surface area contributed by atoms with Gasteiger partial charge in [-0.15, -0.1) is 0 Å². The zero-order valence-corrected chi connectivity index (χ0v) is 9.36.